The minimum absolute atomic E-state index is 0.155. The molecular weight excluding hydrogens is 360 g/mol. The van der Waals surface area contributed by atoms with Gasteiger partial charge in [-0.15, -0.1) is 0 Å². The minimum atomic E-state index is -0.224. The molecule has 2 aliphatic rings. The van der Waals surface area contributed by atoms with E-state index in [4.69, 9.17) is 19.5 Å². The topological polar surface area (TPSA) is 97.6 Å². The fraction of sp³-hybridized carbons (Fsp3) is 0.400. The molecule has 0 saturated carbocycles. The minimum Gasteiger partial charge on any atom is -0.484 e. The van der Waals surface area contributed by atoms with Gasteiger partial charge in [0.25, 0.3) is 5.91 Å². The normalized spacial score (nSPS) is 22.2. The van der Waals surface area contributed by atoms with E-state index in [1.807, 2.05) is 25.1 Å². The molecule has 8 heteroatoms. The summed E-state index contributed by atoms with van der Waals surface area (Å²) in [5.74, 6) is 0.523. The average Bonchev–Trinajstić information content (AvgIpc) is 3.05. The molecule has 2 saturated heterocycles. The fourth-order valence-electron chi connectivity index (χ4n) is 3.33. The molecular formula is C20H20N4O4. The molecule has 0 aliphatic carbocycles. The van der Waals surface area contributed by atoms with E-state index in [2.05, 4.69) is 9.97 Å². The van der Waals surface area contributed by atoms with Crippen molar-refractivity contribution in [1.82, 2.24) is 14.9 Å². The van der Waals surface area contributed by atoms with Crippen LogP contribution < -0.4 is 4.74 Å². The molecule has 0 radical (unpaired) electrons. The number of amides is 1. The Morgan fingerprint density at radius 3 is 2.61 bits per heavy atom. The van der Waals surface area contributed by atoms with E-state index in [1.165, 1.54) is 12.3 Å². The van der Waals surface area contributed by atoms with E-state index in [9.17, 15) is 4.79 Å². The van der Waals surface area contributed by atoms with Gasteiger partial charge in [-0.2, -0.15) is 5.26 Å². The lowest BCUT2D eigenvalue weighted by atomic mass is 10.2. The SMILES string of the molecule is Cc1ccc(OC2CO[C@H]3CN(C(=O)c4ccnc(C#N)c4)C[C@@H]3OC2)cn1. The number of aryl methyl sites for hydroxylation is 1. The van der Waals surface area contributed by atoms with Gasteiger partial charge in [-0.05, 0) is 31.2 Å². The predicted octanol–water partition coefficient (Wildman–Crippen LogP) is 1.34. The first-order chi connectivity index (χ1) is 13.6. The zero-order valence-corrected chi connectivity index (χ0v) is 15.4. The summed E-state index contributed by atoms with van der Waals surface area (Å²) >= 11 is 0. The lowest BCUT2D eigenvalue weighted by molar-refractivity contribution is -0.00461. The van der Waals surface area contributed by atoms with Gasteiger partial charge in [-0.3, -0.25) is 9.78 Å². The van der Waals surface area contributed by atoms with Crippen LogP contribution in [0.15, 0.2) is 36.7 Å². The van der Waals surface area contributed by atoms with Gasteiger partial charge in [-0.25, -0.2) is 4.98 Å². The molecule has 2 fully saturated rings. The van der Waals surface area contributed by atoms with Gasteiger partial charge in [0.2, 0.25) is 0 Å². The maximum atomic E-state index is 12.7. The highest BCUT2D eigenvalue weighted by Crippen LogP contribution is 2.23. The summed E-state index contributed by atoms with van der Waals surface area (Å²) in [4.78, 5) is 22.5. The van der Waals surface area contributed by atoms with Crippen molar-refractivity contribution < 1.29 is 19.0 Å². The highest BCUT2D eigenvalue weighted by atomic mass is 16.6. The molecule has 28 heavy (non-hydrogen) atoms. The van der Waals surface area contributed by atoms with Crippen LogP contribution in [0.4, 0.5) is 0 Å². The van der Waals surface area contributed by atoms with Crippen molar-refractivity contribution >= 4 is 5.91 Å². The molecule has 2 aromatic rings. The third-order valence-electron chi connectivity index (χ3n) is 4.80. The van der Waals surface area contributed by atoms with Gasteiger partial charge in [0.15, 0.2) is 0 Å². The molecule has 4 rings (SSSR count). The van der Waals surface area contributed by atoms with Crippen molar-refractivity contribution in [2.45, 2.75) is 25.2 Å². The van der Waals surface area contributed by atoms with E-state index in [1.54, 1.807) is 17.2 Å². The second-order valence-electron chi connectivity index (χ2n) is 6.87. The molecule has 2 aliphatic heterocycles. The van der Waals surface area contributed by atoms with Gasteiger partial charge in [0.05, 0.1) is 19.4 Å². The summed E-state index contributed by atoms with van der Waals surface area (Å²) in [7, 11) is 0. The Morgan fingerprint density at radius 1 is 1.21 bits per heavy atom. The first-order valence-corrected chi connectivity index (χ1v) is 9.10. The number of carbonyl (C=O) groups excluding carboxylic acids is 1. The molecule has 2 atom stereocenters. The standard InChI is InChI=1S/C20H20N4O4/c1-13-2-3-16(8-23-13)28-17-11-26-18-9-24(10-19(18)27-12-17)20(25)14-4-5-22-15(6-14)7-21/h2-6,8,17-19H,9-12H2,1H3/t18-,19-/m0/s1. The highest BCUT2D eigenvalue weighted by Gasteiger charge is 2.40. The number of hydrogen-bond acceptors (Lipinski definition) is 7. The number of rotatable bonds is 3. The van der Waals surface area contributed by atoms with Crippen molar-refractivity contribution in [1.29, 1.82) is 5.26 Å². The summed E-state index contributed by atoms with van der Waals surface area (Å²) in [6.07, 6.45) is 2.52. The van der Waals surface area contributed by atoms with Crippen molar-refractivity contribution in [3.8, 4) is 11.8 Å². The Bertz CT molecular complexity index is 880. The van der Waals surface area contributed by atoms with Gasteiger partial charge in [0, 0.05) is 30.5 Å². The molecule has 2 aromatic heterocycles. The van der Waals surface area contributed by atoms with E-state index >= 15 is 0 Å². The first-order valence-electron chi connectivity index (χ1n) is 9.10. The third kappa shape index (κ3) is 3.96. The van der Waals surface area contributed by atoms with Gasteiger partial charge in [0.1, 0.15) is 35.8 Å². The highest BCUT2D eigenvalue weighted by molar-refractivity contribution is 5.94. The van der Waals surface area contributed by atoms with Crippen LogP contribution in [0.1, 0.15) is 21.7 Å². The maximum Gasteiger partial charge on any atom is 0.254 e. The average molecular weight is 380 g/mol. The molecule has 0 N–H and O–H groups in total. The van der Waals surface area contributed by atoms with Crippen LogP contribution in [0.25, 0.3) is 0 Å². The Hall–Kier alpha value is -3.02. The molecule has 0 spiro atoms. The van der Waals surface area contributed by atoms with Gasteiger partial charge >= 0.3 is 0 Å². The number of likely N-dealkylation sites (tertiary alicyclic amines) is 1. The molecule has 0 unspecified atom stereocenters. The monoisotopic (exact) mass is 380 g/mol. The van der Waals surface area contributed by atoms with E-state index in [-0.39, 0.29) is 29.9 Å². The quantitative estimate of drug-likeness (QED) is 0.793. The zero-order chi connectivity index (χ0) is 19.5. The first kappa shape index (κ1) is 18.3. The second kappa shape index (κ2) is 7.92. The number of hydrogen-bond donors (Lipinski definition) is 0. The van der Waals surface area contributed by atoms with Crippen molar-refractivity contribution in [3.63, 3.8) is 0 Å². The van der Waals surface area contributed by atoms with E-state index in [0.717, 1.165) is 5.69 Å². The van der Waals surface area contributed by atoms with Gasteiger partial charge < -0.3 is 19.1 Å². The second-order valence-corrected chi connectivity index (χ2v) is 6.87. The van der Waals surface area contributed by atoms with Gasteiger partial charge in [-0.1, -0.05) is 0 Å². The number of nitriles is 1. The van der Waals surface area contributed by atoms with E-state index in [0.29, 0.717) is 37.6 Å². The Labute approximate surface area is 162 Å². The summed E-state index contributed by atoms with van der Waals surface area (Å²) in [5, 5.41) is 8.96. The molecule has 144 valence electrons. The Balaban J connectivity index is 1.35. The smallest absolute Gasteiger partial charge is 0.254 e. The molecule has 0 bridgehead atoms. The van der Waals surface area contributed by atoms with Crippen LogP contribution in [0, 0.1) is 18.3 Å². The molecule has 0 aromatic carbocycles. The van der Waals surface area contributed by atoms with Crippen molar-refractivity contribution in [2.24, 2.45) is 0 Å². The summed E-state index contributed by atoms with van der Waals surface area (Å²) in [5.41, 5.74) is 1.59. The van der Waals surface area contributed by atoms with Crippen LogP contribution >= 0.6 is 0 Å². The number of aromatic nitrogens is 2. The molecule has 4 heterocycles. The summed E-state index contributed by atoms with van der Waals surface area (Å²) in [6, 6.07) is 8.82. The zero-order valence-electron chi connectivity index (χ0n) is 15.4. The van der Waals surface area contributed by atoms with Crippen LogP contribution in [-0.4, -0.2) is 65.4 Å². The van der Waals surface area contributed by atoms with Crippen LogP contribution in [-0.2, 0) is 9.47 Å². The summed E-state index contributed by atoms with van der Waals surface area (Å²) in [6.45, 7) is 3.55. The number of carbonyl (C=O) groups is 1. The maximum absolute atomic E-state index is 12.7. The van der Waals surface area contributed by atoms with Crippen LogP contribution in [0.2, 0.25) is 0 Å². The number of nitrogens with zero attached hydrogens (tertiary/aromatic N) is 4. The lowest BCUT2D eigenvalue weighted by Gasteiger charge is -2.19. The van der Waals surface area contributed by atoms with Crippen LogP contribution in [0.3, 0.4) is 0 Å². The third-order valence-corrected chi connectivity index (χ3v) is 4.80. The number of pyridine rings is 2. The fourth-order valence-corrected chi connectivity index (χ4v) is 3.33. The number of ether oxygens (including phenoxy) is 3. The Morgan fingerprint density at radius 2 is 1.96 bits per heavy atom. The summed E-state index contributed by atoms with van der Waals surface area (Å²) < 4.78 is 17.8. The Kier molecular flexibility index (Phi) is 5.19. The largest absolute Gasteiger partial charge is 0.484 e. The number of fused-ring (bicyclic) bond motifs is 1. The van der Waals surface area contributed by atoms with Crippen molar-refractivity contribution in [3.05, 3.63) is 53.6 Å². The van der Waals surface area contributed by atoms with Crippen LogP contribution in [0.5, 0.6) is 5.75 Å². The molecule has 1 amide bonds. The molecule has 8 nitrogen and oxygen atoms in total. The predicted molar refractivity (Wildman–Crippen MR) is 97.7 cm³/mol. The van der Waals surface area contributed by atoms with Crippen molar-refractivity contribution in [2.75, 3.05) is 26.3 Å². The van der Waals surface area contributed by atoms with E-state index < -0.39 is 0 Å². The lowest BCUT2D eigenvalue weighted by Crippen LogP contribution is -2.33.